The highest BCUT2D eigenvalue weighted by Gasteiger charge is 2.10. The van der Waals surface area contributed by atoms with Crippen LogP contribution in [0, 0.1) is 0 Å². The normalized spacial score (nSPS) is 10.6. The standard InChI is InChI=1S/C15H10Br2N2/c16-12-5-1-10(2-6-12)14-15(19-9-18-14)11-3-7-13(17)8-4-11/h1-9H,(H,18,19). The van der Waals surface area contributed by atoms with E-state index in [1.165, 1.54) is 0 Å². The molecule has 0 bridgehead atoms. The van der Waals surface area contributed by atoms with Crippen molar-refractivity contribution in [3.8, 4) is 22.5 Å². The minimum atomic E-state index is 0.967. The van der Waals surface area contributed by atoms with Crippen LogP contribution in [0.15, 0.2) is 63.8 Å². The summed E-state index contributed by atoms with van der Waals surface area (Å²) in [6, 6.07) is 16.4. The molecule has 3 aromatic rings. The molecule has 2 nitrogen and oxygen atoms in total. The average molecular weight is 378 g/mol. The van der Waals surface area contributed by atoms with E-state index in [0.717, 1.165) is 31.5 Å². The van der Waals surface area contributed by atoms with Crippen LogP contribution in [0.4, 0.5) is 0 Å². The van der Waals surface area contributed by atoms with Crippen molar-refractivity contribution < 1.29 is 0 Å². The van der Waals surface area contributed by atoms with Crippen LogP contribution in [0.5, 0.6) is 0 Å². The van der Waals surface area contributed by atoms with E-state index in [2.05, 4.69) is 66.1 Å². The number of hydrogen-bond donors (Lipinski definition) is 1. The summed E-state index contributed by atoms with van der Waals surface area (Å²) in [6.45, 7) is 0. The van der Waals surface area contributed by atoms with Crippen LogP contribution in [-0.2, 0) is 0 Å². The Hall–Kier alpha value is -1.39. The Kier molecular flexibility index (Phi) is 3.53. The van der Waals surface area contributed by atoms with Gasteiger partial charge in [-0.2, -0.15) is 0 Å². The van der Waals surface area contributed by atoms with Crippen LogP contribution in [0.2, 0.25) is 0 Å². The molecule has 4 heteroatoms. The van der Waals surface area contributed by atoms with E-state index >= 15 is 0 Å². The molecule has 0 amide bonds. The van der Waals surface area contributed by atoms with Gasteiger partial charge in [0.2, 0.25) is 0 Å². The van der Waals surface area contributed by atoms with Gasteiger partial charge in [0.25, 0.3) is 0 Å². The number of hydrogen-bond acceptors (Lipinski definition) is 1. The Morgan fingerprint density at radius 2 is 1.26 bits per heavy atom. The number of rotatable bonds is 2. The smallest absolute Gasteiger partial charge is 0.0961 e. The van der Waals surface area contributed by atoms with E-state index in [1.807, 2.05) is 24.3 Å². The average Bonchev–Trinajstić information content (AvgIpc) is 2.90. The lowest BCUT2D eigenvalue weighted by Crippen LogP contribution is -1.83. The second kappa shape index (κ2) is 5.31. The number of benzene rings is 2. The molecule has 1 heterocycles. The Bertz CT molecular complexity index is 625. The number of halogens is 2. The van der Waals surface area contributed by atoms with Gasteiger partial charge in [-0.15, -0.1) is 0 Å². The quantitative estimate of drug-likeness (QED) is 0.647. The molecule has 1 N–H and O–H groups in total. The molecule has 0 atom stereocenters. The number of imidazole rings is 1. The maximum atomic E-state index is 4.43. The first-order valence-corrected chi connectivity index (χ1v) is 7.38. The van der Waals surface area contributed by atoms with Gasteiger partial charge in [0.1, 0.15) is 0 Å². The van der Waals surface area contributed by atoms with Crippen molar-refractivity contribution >= 4 is 31.9 Å². The predicted molar refractivity (Wildman–Crippen MR) is 84.9 cm³/mol. The third-order valence-electron chi connectivity index (χ3n) is 2.89. The van der Waals surface area contributed by atoms with Crippen molar-refractivity contribution in [2.45, 2.75) is 0 Å². The van der Waals surface area contributed by atoms with E-state index in [0.29, 0.717) is 0 Å². The fourth-order valence-electron chi connectivity index (χ4n) is 1.96. The molecule has 2 aromatic carbocycles. The zero-order chi connectivity index (χ0) is 13.2. The number of H-pyrrole nitrogens is 1. The summed E-state index contributed by atoms with van der Waals surface area (Å²) in [4.78, 5) is 7.65. The SMILES string of the molecule is Brc1ccc(-c2nc[nH]c2-c2ccc(Br)cc2)cc1. The molecule has 0 radical (unpaired) electrons. The molecule has 0 aliphatic rings. The Balaban J connectivity index is 2.07. The zero-order valence-corrected chi connectivity index (χ0v) is 13.1. The van der Waals surface area contributed by atoms with Crippen molar-refractivity contribution in [3.63, 3.8) is 0 Å². The zero-order valence-electron chi connectivity index (χ0n) is 9.90. The molecule has 1 aromatic heterocycles. The van der Waals surface area contributed by atoms with Crippen molar-refractivity contribution in [2.24, 2.45) is 0 Å². The van der Waals surface area contributed by atoms with Gasteiger partial charge in [-0.1, -0.05) is 56.1 Å². The van der Waals surface area contributed by atoms with E-state index < -0.39 is 0 Å². The van der Waals surface area contributed by atoms with Crippen LogP contribution in [0.1, 0.15) is 0 Å². The first-order valence-electron chi connectivity index (χ1n) is 5.79. The topological polar surface area (TPSA) is 28.7 Å². The Labute approximate surface area is 128 Å². The van der Waals surface area contributed by atoms with Gasteiger partial charge in [-0.25, -0.2) is 4.98 Å². The molecule has 0 saturated carbocycles. The number of nitrogens with one attached hydrogen (secondary N) is 1. The molecule has 0 saturated heterocycles. The van der Waals surface area contributed by atoms with Crippen LogP contribution >= 0.6 is 31.9 Å². The molecule has 3 rings (SSSR count). The second-order valence-corrected chi connectivity index (χ2v) is 5.97. The van der Waals surface area contributed by atoms with Crippen molar-refractivity contribution in [2.75, 3.05) is 0 Å². The lowest BCUT2D eigenvalue weighted by atomic mass is 10.1. The lowest BCUT2D eigenvalue weighted by molar-refractivity contribution is 1.31. The van der Waals surface area contributed by atoms with Gasteiger partial charge in [0.15, 0.2) is 0 Å². The number of aromatic nitrogens is 2. The van der Waals surface area contributed by atoms with Crippen LogP contribution < -0.4 is 0 Å². The van der Waals surface area contributed by atoms with E-state index in [4.69, 9.17) is 0 Å². The molecule has 19 heavy (non-hydrogen) atoms. The summed E-state index contributed by atoms with van der Waals surface area (Å²) in [5.74, 6) is 0. The Morgan fingerprint density at radius 1 is 0.737 bits per heavy atom. The van der Waals surface area contributed by atoms with Gasteiger partial charge in [0, 0.05) is 20.1 Å². The largest absolute Gasteiger partial charge is 0.344 e. The minimum Gasteiger partial charge on any atom is -0.344 e. The highest BCUT2D eigenvalue weighted by atomic mass is 79.9. The first kappa shape index (κ1) is 12.6. The molecule has 94 valence electrons. The summed E-state index contributed by atoms with van der Waals surface area (Å²) in [7, 11) is 0. The van der Waals surface area contributed by atoms with Crippen molar-refractivity contribution in [1.29, 1.82) is 0 Å². The van der Waals surface area contributed by atoms with Crippen LogP contribution in [-0.4, -0.2) is 9.97 Å². The second-order valence-electron chi connectivity index (χ2n) is 4.14. The maximum Gasteiger partial charge on any atom is 0.0961 e. The van der Waals surface area contributed by atoms with Crippen LogP contribution in [0.3, 0.4) is 0 Å². The predicted octanol–water partition coefficient (Wildman–Crippen LogP) is 5.27. The fraction of sp³-hybridized carbons (Fsp3) is 0. The highest BCUT2D eigenvalue weighted by Crippen LogP contribution is 2.30. The van der Waals surface area contributed by atoms with E-state index in [9.17, 15) is 0 Å². The lowest BCUT2D eigenvalue weighted by Gasteiger charge is -2.04. The number of aromatic amines is 1. The minimum absolute atomic E-state index is 0.967. The fourth-order valence-corrected chi connectivity index (χ4v) is 2.49. The number of nitrogens with zero attached hydrogens (tertiary/aromatic N) is 1. The molecule has 0 unspecified atom stereocenters. The van der Waals surface area contributed by atoms with E-state index in [-0.39, 0.29) is 0 Å². The van der Waals surface area contributed by atoms with Gasteiger partial charge >= 0.3 is 0 Å². The van der Waals surface area contributed by atoms with Crippen molar-refractivity contribution in [1.82, 2.24) is 9.97 Å². The summed E-state index contributed by atoms with van der Waals surface area (Å²) < 4.78 is 2.14. The molecule has 0 fully saturated rings. The molecule has 0 aliphatic carbocycles. The molecule has 0 aliphatic heterocycles. The van der Waals surface area contributed by atoms with Crippen molar-refractivity contribution in [3.05, 3.63) is 63.8 Å². The third-order valence-corrected chi connectivity index (χ3v) is 3.95. The van der Waals surface area contributed by atoms with Gasteiger partial charge < -0.3 is 4.98 Å². The highest BCUT2D eigenvalue weighted by molar-refractivity contribution is 9.10. The van der Waals surface area contributed by atoms with Crippen LogP contribution in [0.25, 0.3) is 22.5 Å². The molecular weight excluding hydrogens is 368 g/mol. The van der Waals surface area contributed by atoms with Gasteiger partial charge in [-0.3, -0.25) is 0 Å². The summed E-state index contributed by atoms with van der Waals surface area (Å²) >= 11 is 6.90. The summed E-state index contributed by atoms with van der Waals surface area (Å²) in [5, 5.41) is 0. The maximum absolute atomic E-state index is 4.43. The first-order chi connectivity index (χ1) is 9.24. The molecular formula is C15H10Br2N2. The monoisotopic (exact) mass is 376 g/mol. The summed E-state index contributed by atoms with van der Waals surface area (Å²) in [6.07, 6.45) is 1.73. The molecule has 0 spiro atoms. The van der Waals surface area contributed by atoms with Gasteiger partial charge in [-0.05, 0) is 24.3 Å². The Morgan fingerprint density at radius 3 is 1.84 bits per heavy atom. The van der Waals surface area contributed by atoms with E-state index in [1.54, 1.807) is 6.33 Å². The third kappa shape index (κ3) is 2.65. The summed E-state index contributed by atoms with van der Waals surface area (Å²) in [5.41, 5.74) is 4.23. The van der Waals surface area contributed by atoms with Gasteiger partial charge in [0.05, 0.1) is 17.7 Å².